The Morgan fingerprint density at radius 2 is 1.74 bits per heavy atom. The zero-order valence-electron chi connectivity index (χ0n) is 24.3. The molecule has 1 fully saturated rings. The van der Waals surface area contributed by atoms with Crippen molar-refractivity contribution in [3.05, 3.63) is 116 Å². The average molecular weight is 738 g/mol. The molecule has 0 aliphatic carbocycles. The lowest BCUT2D eigenvalue weighted by Gasteiger charge is -2.47. The molecule has 1 spiro atoms. The number of halogens is 2. The van der Waals surface area contributed by atoms with Gasteiger partial charge in [-0.25, -0.2) is 4.48 Å². The first kappa shape index (κ1) is 33.4. The molecule has 0 saturated carbocycles. The molecule has 14 heteroatoms. The van der Waals surface area contributed by atoms with Gasteiger partial charge >= 0.3 is 10.1 Å². The van der Waals surface area contributed by atoms with E-state index in [0.717, 1.165) is 42.0 Å². The summed E-state index contributed by atoms with van der Waals surface area (Å²) in [5.41, 5.74) is 3.73. The van der Waals surface area contributed by atoms with Gasteiger partial charge in [0.2, 0.25) is 10.9 Å². The predicted molar refractivity (Wildman–Crippen MR) is 187 cm³/mol. The van der Waals surface area contributed by atoms with Gasteiger partial charge in [-0.05, 0) is 53.6 Å². The number of fused-ring (bicyclic) bond motifs is 3. The largest absolute Gasteiger partial charge is 0.320 e. The minimum atomic E-state index is -4.33. The number of aryl methyl sites for hydroxylation is 1. The molecule has 4 aromatic rings. The Hall–Kier alpha value is -2.52. The second-order valence-electron chi connectivity index (χ2n) is 11.2. The highest BCUT2D eigenvalue weighted by Crippen LogP contribution is 2.58. The van der Waals surface area contributed by atoms with E-state index in [1.54, 1.807) is 12.1 Å². The molecule has 2 N–H and O–H groups in total. The van der Waals surface area contributed by atoms with Crippen LogP contribution in [0.25, 0.3) is 16.3 Å². The summed E-state index contributed by atoms with van der Waals surface area (Å²) >= 11 is 15.5. The van der Waals surface area contributed by atoms with Crippen molar-refractivity contribution >= 4 is 88.5 Å². The van der Waals surface area contributed by atoms with E-state index >= 15 is 0 Å². The molecule has 2 unspecified atom stereocenters. The third kappa shape index (κ3) is 7.01. The number of quaternary nitrogens is 1. The molecule has 3 heterocycles. The Bertz CT molecular complexity index is 2130. The normalized spacial score (nSPS) is 21.0. The van der Waals surface area contributed by atoms with Crippen molar-refractivity contribution in [2.75, 3.05) is 12.3 Å². The summed E-state index contributed by atoms with van der Waals surface area (Å²) < 4.78 is 70.2. The molecular formula is C32H30Cl2N2O6S4+2. The lowest BCUT2D eigenvalue weighted by atomic mass is 10.0. The van der Waals surface area contributed by atoms with Crippen LogP contribution in [0.1, 0.15) is 23.4 Å². The number of nitrogens with zero attached hydrogens (tertiary/aromatic N) is 2. The number of aromatic nitrogens is 1. The molecule has 6 rings (SSSR count). The van der Waals surface area contributed by atoms with E-state index in [1.165, 1.54) is 23.1 Å². The lowest BCUT2D eigenvalue weighted by molar-refractivity contribution is -0.668. The maximum absolute atomic E-state index is 12.5. The van der Waals surface area contributed by atoms with E-state index in [2.05, 4.69) is 0 Å². The van der Waals surface area contributed by atoms with Crippen molar-refractivity contribution in [2.45, 2.75) is 36.1 Å². The Morgan fingerprint density at radius 3 is 2.43 bits per heavy atom. The standard InChI is InChI=1S/C32H28Cl2N2O6S4/c33-24-9-11-26-28(20-24)43-30(35(26)16-4-18-45(37,38)39)13-7-23(19-22-5-2-1-3-6-22)8-14-31-36(17-15-32(36)46(40,41)42)27-12-10-25(34)21-29(27)44-31/h1-3,5-14,20-21,32H,4,15-19H2/p+2. The zero-order chi connectivity index (χ0) is 32.7. The van der Waals surface area contributed by atoms with Crippen LogP contribution in [0.4, 0.5) is 5.69 Å². The van der Waals surface area contributed by atoms with E-state index in [4.69, 9.17) is 23.2 Å². The Morgan fingerprint density at radius 1 is 1.00 bits per heavy atom. The first-order chi connectivity index (χ1) is 21.8. The summed E-state index contributed by atoms with van der Waals surface area (Å²) in [6, 6.07) is 20.9. The molecule has 1 aromatic heterocycles. The summed E-state index contributed by atoms with van der Waals surface area (Å²) in [5, 5.41) is 1.79. The first-order valence-corrected chi connectivity index (χ1v) is 19.9. The van der Waals surface area contributed by atoms with E-state index in [-0.39, 0.29) is 16.7 Å². The summed E-state index contributed by atoms with van der Waals surface area (Å²) in [5.74, 6) is -0.351. The molecule has 240 valence electrons. The summed E-state index contributed by atoms with van der Waals surface area (Å²) in [6.07, 6.45) is 9.05. The first-order valence-electron chi connectivity index (χ1n) is 14.4. The number of rotatable bonds is 10. The van der Waals surface area contributed by atoms with E-state index < -0.39 is 25.6 Å². The van der Waals surface area contributed by atoms with Gasteiger partial charge in [0.05, 0.1) is 23.6 Å². The van der Waals surface area contributed by atoms with Crippen LogP contribution in [-0.2, 0) is 33.2 Å². The average Bonchev–Trinajstić information content (AvgIpc) is 3.48. The van der Waals surface area contributed by atoms with Gasteiger partial charge in [0.1, 0.15) is 4.70 Å². The van der Waals surface area contributed by atoms with Gasteiger partial charge < -0.3 is 0 Å². The quantitative estimate of drug-likeness (QED) is 0.0750. The second-order valence-corrected chi connectivity index (χ2v) is 17.3. The van der Waals surface area contributed by atoms with Crippen LogP contribution in [0.3, 0.4) is 0 Å². The minimum absolute atomic E-state index is 0.0275. The van der Waals surface area contributed by atoms with Crippen LogP contribution in [0, 0.1) is 0 Å². The fraction of sp³-hybridized carbons (Fsp3) is 0.219. The van der Waals surface area contributed by atoms with Gasteiger partial charge in [-0.1, -0.05) is 77.0 Å². The lowest BCUT2D eigenvalue weighted by Crippen LogP contribution is -2.66. The van der Waals surface area contributed by atoms with E-state index in [0.29, 0.717) is 36.0 Å². The topological polar surface area (TPSA) is 113 Å². The fourth-order valence-corrected chi connectivity index (χ4v) is 10.7. The van der Waals surface area contributed by atoms with E-state index in [9.17, 15) is 25.9 Å². The number of thiazole rings is 1. The van der Waals surface area contributed by atoms with Gasteiger partial charge in [-0.3, -0.25) is 9.11 Å². The van der Waals surface area contributed by atoms with Crippen LogP contribution in [0.2, 0.25) is 10.0 Å². The van der Waals surface area contributed by atoms with Crippen molar-refractivity contribution in [3.63, 3.8) is 0 Å². The van der Waals surface area contributed by atoms with Gasteiger partial charge in [-0.15, -0.1) is 0 Å². The second kappa shape index (κ2) is 13.2. The third-order valence-electron chi connectivity index (χ3n) is 8.13. The molecule has 0 bridgehead atoms. The van der Waals surface area contributed by atoms with Crippen LogP contribution in [-0.4, -0.2) is 43.6 Å². The minimum Gasteiger partial charge on any atom is -0.286 e. The Labute approximate surface area is 286 Å². The monoisotopic (exact) mass is 736 g/mol. The van der Waals surface area contributed by atoms with Crippen molar-refractivity contribution in [2.24, 2.45) is 0 Å². The van der Waals surface area contributed by atoms with Crippen molar-refractivity contribution in [3.8, 4) is 0 Å². The molecular weight excluding hydrogens is 708 g/mol. The predicted octanol–water partition coefficient (Wildman–Crippen LogP) is 7.53. The van der Waals surface area contributed by atoms with Crippen LogP contribution >= 0.6 is 46.3 Å². The van der Waals surface area contributed by atoms with Crippen LogP contribution in [0.5, 0.6) is 0 Å². The molecule has 0 radical (unpaired) electrons. The Kier molecular flexibility index (Phi) is 9.56. The Balaban J connectivity index is 1.41. The number of allylic oxidation sites excluding steroid dienone is 4. The maximum Gasteiger partial charge on any atom is 0.320 e. The molecule has 2 atom stereocenters. The third-order valence-corrected chi connectivity index (χ3v) is 13.0. The fourth-order valence-electron chi connectivity index (χ4n) is 5.98. The summed E-state index contributed by atoms with van der Waals surface area (Å²) in [4.78, 5) is 0.857. The molecule has 8 nitrogen and oxygen atoms in total. The van der Waals surface area contributed by atoms with Crippen molar-refractivity contribution in [1.29, 1.82) is 0 Å². The number of thioether (sulfide) groups is 1. The van der Waals surface area contributed by atoms with Crippen molar-refractivity contribution in [1.82, 2.24) is 4.48 Å². The summed E-state index contributed by atoms with van der Waals surface area (Å²) in [7, 11) is -8.43. The molecule has 2 aliphatic rings. The molecule has 3 aromatic carbocycles. The van der Waals surface area contributed by atoms with Gasteiger partial charge in [0.15, 0.2) is 17.3 Å². The van der Waals surface area contributed by atoms with Gasteiger partial charge in [0, 0.05) is 40.8 Å². The zero-order valence-corrected chi connectivity index (χ0v) is 29.1. The number of benzene rings is 3. The van der Waals surface area contributed by atoms with E-state index in [1.807, 2.05) is 83.5 Å². The number of hydrogen-bond acceptors (Lipinski definition) is 6. The highest BCUT2D eigenvalue weighted by Gasteiger charge is 2.61. The van der Waals surface area contributed by atoms with Gasteiger partial charge in [0.25, 0.3) is 15.1 Å². The molecule has 46 heavy (non-hydrogen) atoms. The van der Waals surface area contributed by atoms with Crippen LogP contribution in [0.15, 0.2) is 100 Å². The highest BCUT2D eigenvalue weighted by atomic mass is 35.5. The maximum atomic E-state index is 12.5. The summed E-state index contributed by atoms with van der Waals surface area (Å²) in [6.45, 7) is 0.904. The SMILES string of the molecule is O=S(=O)(O)CCC[n+]1c(C=CC(=CC=C2Sc3cc(Cl)ccc3[N+]23CCC3S(=O)(=O)O)Cc2ccccc2)sc2cc(Cl)ccc21. The van der Waals surface area contributed by atoms with Crippen molar-refractivity contribution < 1.29 is 30.5 Å². The molecule has 0 amide bonds. The van der Waals surface area contributed by atoms with Gasteiger partial charge in [-0.2, -0.15) is 21.4 Å². The van der Waals surface area contributed by atoms with Crippen LogP contribution < -0.4 is 9.05 Å². The molecule has 2 aliphatic heterocycles. The highest BCUT2D eigenvalue weighted by molar-refractivity contribution is 8.03. The number of hydrogen-bond donors (Lipinski definition) is 2. The molecule has 1 saturated heterocycles. The smallest absolute Gasteiger partial charge is 0.286 e.